The van der Waals surface area contributed by atoms with Crippen LogP contribution in [0.3, 0.4) is 0 Å². The van der Waals surface area contributed by atoms with Crippen LogP contribution in [0.4, 0.5) is 0 Å². The Morgan fingerprint density at radius 3 is 2.07 bits per heavy atom. The third-order valence-corrected chi connectivity index (χ3v) is 9.45. The number of aromatic nitrogens is 1. The summed E-state index contributed by atoms with van der Waals surface area (Å²) in [7, 11) is 0. The van der Waals surface area contributed by atoms with Gasteiger partial charge in [0, 0.05) is 39.2 Å². The molecule has 1 fully saturated rings. The Morgan fingerprint density at radius 2 is 1.26 bits per heavy atom. The predicted molar refractivity (Wildman–Crippen MR) is 181 cm³/mol. The van der Waals surface area contributed by atoms with E-state index in [1.807, 2.05) is 0 Å². The number of fused-ring (bicyclic) bond motifs is 10. The average molecular weight is 554 g/mol. The Labute approximate surface area is 250 Å². The molecule has 3 unspecified atom stereocenters. The van der Waals surface area contributed by atoms with Gasteiger partial charge in [-0.05, 0) is 57.3 Å². The minimum Gasteiger partial charge on any atom is -0.312 e. The molecule has 0 bridgehead atoms. The molecule has 0 aliphatic heterocycles. The van der Waals surface area contributed by atoms with E-state index < -0.39 is 0 Å². The Balaban J connectivity index is 1.21. The highest BCUT2D eigenvalue weighted by Crippen LogP contribution is 2.45. The molecule has 0 radical (unpaired) electrons. The van der Waals surface area contributed by atoms with Crippen molar-refractivity contribution in [2.75, 3.05) is 0 Å². The SMILES string of the molecule is NC(NC1CC1c1ccccc1)c1ccc(-n2c3ccccc3c3c4c5ccccc5ccc4c4ccccc4c32)cc1. The van der Waals surface area contributed by atoms with Crippen molar-refractivity contribution in [3.05, 3.63) is 151 Å². The molecule has 1 saturated carbocycles. The molecule has 3 heteroatoms. The van der Waals surface area contributed by atoms with E-state index in [4.69, 9.17) is 5.73 Å². The highest BCUT2D eigenvalue weighted by molar-refractivity contribution is 6.36. The molecule has 1 aliphatic rings. The second-order valence-corrected chi connectivity index (χ2v) is 11.9. The minimum atomic E-state index is -0.206. The van der Waals surface area contributed by atoms with Gasteiger partial charge in [0.05, 0.1) is 17.2 Å². The molecule has 1 heterocycles. The van der Waals surface area contributed by atoms with Gasteiger partial charge in [-0.3, -0.25) is 5.32 Å². The zero-order valence-corrected chi connectivity index (χ0v) is 23.7. The third-order valence-electron chi connectivity index (χ3n) is 9.45. The lowest BCUT2D eigenvalue weighted by Crippen LogP contribution is -2.31. The Bertz CT molecular complexity index is 2320. The number of nitrogens with two attached hydrogens (primary N) is 1. The first-order valence-electron chi connectivity index (χ1n) is 15.2. The van der Waals surface area contributed by atoms with Gasteiger partial charge in [-0.15, -0.1) is 0 Å². The van der Waals surface area contributed by atoms with E-state index in [-0.39, 0.29) is 6.17 Å². The Morgan fingerprint density at radius 1 is 0.581 bits per heavy atom. The number of para-hydroxylation sites is 1. The Kier molecular flexibility index (Phi) is 5.46. The van der Waals surface area contributed by atoms with Gasteiger partial charge < -0.3 is 10.3 Å². The minimum absolute atomic E-state index is 0.206. The molecule has 1 aliphatic carbocycles. The average Bonchev–Trinajstić information content (AvgIpc) is 3.75. The molecule has 0 saturated heterocycles. The summed E-state index contributed by atoms with van der Waals surface area (Å²) in [5.74, 6) is 0.545. The van der Waals surface area contributed by atoms with Gasteiger partial charge in [-0.2, -0.15) is 0 Å². The second kappa shape index (κ2) is 9.53. The van der Waals surface area contributed by atoms with Crippen molar-refractivity contribution in [2.24, 2.45) is 5.73 Å². The summed E-state index contributed by atoms with van der Waals surface area (Å²) in [6.07, 6.45) is 0.925. The summed E-state index contributed by atoms with van der Waals surface area (Å²) in [6.45, 7) is 0. The van der Waals surface area contributed by atoms with Crippen LogP contribution in [0, 0.1) is 0 Å². The Hall–Kier alpha value is -4.96. The fraction of sp³-hybridized carbons (Fsp3) is 0.100. The summed E-state index contributed by atoms with van der Waals surface area (Å²) in [6, 6.07) is 51.0. The van der Waals surface area contributed by atoms with Crippen molar-refractivity contribution in [1.82, 2.24) is 9.88 Å². The highest BCUT2D eigenvalue weighted by Gasteiger charge is 2.39. The largest absolute Gasteiger partial charge is 0.312 e. The van der Waals surface area contributed by atoms with Crippen LogP contribution in [0.15, 0.2) is 140 Å². The number of hydrogen-bond donors (Lipinski definition) is 2. The number of nitrogens with one attached hydrogen (secondary N) is 1. The standard InChI is InChI=1S/C40H31N3/c41-40(42-35-24-34(35)25-10-2-1-3-11-25)27-18-21-28(22-19-27)43-36-17-9-8-16-33(36)38-37-29-13-5-4-12-26(29)20-23-31(37)30-14-6-7-15-32(30)39(38)43/h1-23,34-35,40,42H,24,41H2. The molecule has 7 aromatic carbocycles. The normalized spacial score (nSPS) is 17.3. The number of benzene rings is 7. The zero-order valence-electron chi connectivity index (χ0n) is 23.7. The molecule has 1 aromatic heterocycles. The van der Waals surface area contributed by atoms with Crippen molar-refractivity contribution >= 4 is 54.1 Å². The van der Waals surface area contributed by atoms with Crippen LogP contribution < -0.4 is 11.1 Å². The van der Waals surface area contributed by atoms with Crippen LogP contribution in [0.1, 0.15) is 29.6 Å². The quantitative estimate of drug-likeness (QED) is 0.165. The fourth-order valence-electron chi connectivity index (χ4n) is 7.31. The maximum atomic E-state index is 6.70. The van der Waals surface area contributed by atoms with E-state index >= 15 is 0 Å². The van der Waals surface area contributed by atoms with Crippen LogP contribution in [-0.2, 0) is 0 Å². The first-order valence-corrected chi connectivity index (χ1v) is 15.2. The maximum Gasteiger partial charge on any atom is 0.0812 e. The van der Waals surface area contributed by atoms with E-state index in [1.165, 1.54) is 59.7 Å². The molecule has 3 N–H and O–H groups in total. The topological polar surface area (TPSA) is 43.0 Å². The van der Waals surface area contributed by atoms with Gasteiger partial charge in [-0.1, -0.05) is 121 Å². The van der Waals surface area contributed by atoms with Gasteiger partial charge in [0.2, 0.25) is 0 Å². The van der Waals surface area contributed by atoms with E-state index in [9.17, 15) is 0 Å². The van der Waals surface area contributed by atoms with E-state index in [0.717, 1.165) is 17.7 Å². The maximum absolute atomic E-state index is 6.70. The van der Waals surface area contributed by atoms with Gasteiger partial charge in [0.15, 0.2) is 0 Å². The van der Waals surface area contributed by atoms with E-state index in [1.54, 1.807) is 0 Å². The van der Waals surface area contributed by atoms with Crippen LogP contribution >= 0.6 is 0 Å². The van der Waals surface area contributed by atoms with Gasteiger partial charge in [0.25, 0.3) is 0 Å². The molecular formula is C40H31N3. The van der Waals surface area contributed by atoms with E-state index in [2.05, 4.69) is 149 Å². The van der Waals surface area contributed by atoms with Crippen LogP contribution in [0.25, 0.3) is 59.8 Å². The van der Waals surface area contributed by atoms with Crippen molar-refractivity contribution in [1.29, 1.82) is 0 Å². The highest BCUT2D eigenvalue weighted by atomic mass is 15.1. The molecule has 3 atom stereocenters. The van der Waals surface area contributed by atoms with Crippen molar-refractivity contribution in [3.63, 3.8) is 0 Å². The van der Waals surface area contributed by atoms with E-state index in [0.29, 0.717) is 12.0 Å². The molecule has 8 aromatic rings. The van der Waals surface area contributed by atoms with Crippen LogP contribution in [-0.4, -0.2) is 10.6 Å². The lowest BCUT2D eigenvalue weighted by atomic mass is 9.93. The van der Waals surface area contributed by atoms with Crippen molar-refractivity contribution in [3.8, 4) is 5.69 Å². The zero-order chi connectivity index (χ0) is 28.5. The number of hydrogen-bond acceptors (Lipinski definition) is 2. The summed E-state index contributed by atoms with van der Waals surface area (Å²) >= 11 is 0. The van der Waals surface area contributed by atoms with Crippen LogP contribution in [0.5, 0.6) is 0 Å². The molecule has 206 valence electrons. The molecule has 43 heavy (non-hydrogen) atoms. The first-order chi connectivity index (χ1) is 21.3. The molecular weight excluding hydrogens is 522 g/mol. The first kappa shape index (κ1) is 24.6. The lowest BCUT2D eigenvalue weighted by molar-refractivity contribution is 0.541. The van der Waals surface area contributed by atoms with Crippen LogP contribution in [0.2, 0.25) is 0 Å². The molecule has 0 spiro atoms. The monoisotopic (exact) mass is 553 g/mol. The van der Waals surface area contributed by atoms with Gasteiger partial charge in [-0.25, -0.2) is 0 Å². The predicted octanol–water partition coefficient (Wildman–Crippen LogP) is 9.35. The number of rotatable bonds is 5. The summed E-state index contributed by atoms with van der Waals surface area (Å²) in [4.78, 5) is 0. The smallest absolute Gasteiger partial charge is 0.0812 e. The van der Waals surface area contributed by atoms with Crippen molar-refractivity contribution in [2.45, 2.75) is 24.5 Å². The molecule has 3 nitrogen and oxygen atoms in total. The fourth-order valence-corrected chi connectivity index (χ4v) is 7.31. The summed E-state index contributed by atoms with van der Waals surface area (Å²) in [5.41, 5.74) is 12.8. The third kappa shape index (κ3) is 3.82. The molecule has 0 amide bonds. The van der Waals surface area contributed by atoms with Gasteiger partial charge in [0.1, 0.15) is 0 Å². The summed E-state index contributed by atoms with van der Waals surface area (Å²) in [5, 5.41) is 14.0. The van der Waals surface area contributed by atoms with Crippen molar-refractivity contribution < 1.29 is 0 Å². The number of nitrogens with zero attached hydrogens (tertiary/aromatic N) is 1. The summed E-state index contributed by atoms with van der Waals surface area (Å²) < 4.78 is 2.45. The van der Waals surface area contributed by atoms with Gasteiger partial charge >= 0.3 is 0 Å². The second-order valence-electron chi connectivity index (χ2n) is 11.9. The molecule has 9 rings (SSSR count). The lowest BCUT2D eigenvalue weighted by Gasteiger charge is -2.16.